The van der Waals surface area contributed by atoms with Crippen LogP contribution < -0.4 is 0 Å². The SMILES string of the molecule is COC(=O)c1ccc(C(CBr)OC(F)(F)F)cc1. The molecule has 7 heteroatoms. The minimum atomic E-state index is -4.71. The molecule has 0 saturated heterocycles. The average Bonchev–Trinajstić information content (AvgIpc) is 2.34. The van der Waals surface area contributed by atoms with Crippen LogP contribution in [0.2, 0.25) is 0 Å². The highest BCUT2D eigenvalue weighted by Gasteiger charge is 2.33. The van der Waals surface area contributed by atoms with Crippen LogP contribution in [0.1, 0.15) is 22.0 Å². The lowest BCUT2D eigenvalue weighted by molar-refractivity contribution is -0.341. The molecule has 0 heterocycles. The lowest BCUT2D eigenvalue weighted by Crippen LogP contribution is -2.19. The minimum Gasteiger partial charge on any atom is -0.465 e. The number of carbonyl (C=O) groups excluding carboxylic acids is 1. The van der Waals surface area contributed by atoms with E-state index >= 15 is 0 Å². The van der Waals surface area contributed by atoms with E-state index in [1.165, 1.54) is 31.4 Å². The highest BCUT2D eigenvalue weighted by molar-refractivity contribution is 9.09. The second-order valence-corrected chi connectivity index (χ2v) is 3.97. The van der Waals surface area contributed by atoms with Gasteiger partial charge in [0, 0.05) is 5.33 Å². The van der Waals surface area contributed by atoms with Crippen LogP contribution in [0.5, 0.6) is 0 Å². The van der Waals surface area contributed by atoms with E-state index in [0.29, 0.717) is 5.56 Å². The normalized spacial score (nSPS) is 13.2. The van der Waals surface area contributed by atoms with Gasteiger partial charge in [-0.1, -0.05) is 28.1 Å². The molecule has 1 atom stereocenters. The van der Waals surface area contributed by atoms with Crippen LogP contribution >= 0.6 is 15.9 Å². The van der Waals surface area contributed by atoms with Crippen molar-refractivity contribution >= 4 is 21.9 Å². The fraction of sp³-hybridized carbons (Fsp3) is 0.364. The third-order valence-corrected chi connectivity index (χ3v) is 2.71. The molecule has 1 aromatic rings. The highest BCUT2D eigenvalue weighted by atomic mass is 79.9. The zero-order valence-electron chi connectivity index (χ0n) is 9.33. The van der Waals surface area contributed by atoms with E-state index in [4.69, 9.17) is 0 Å². The third-order valence-electron chi connectivity index (χ3n) is 2.12. The molecule has 0 radical (unpaired) electrons. The quantitative estimate of drug-likeness (QED) is 0.628. The number of hydrogen-bond acceptors (Lipinski definition) is 3. The standard InChI is InChI=1S/C11H10BrF3O3/c1-17-10(16)8-4-2-7(3-5-8)9(6-12)18-11(13,14)15/h2-5,9H,6H2,1H3. The van der Waals surface area contributed by atoms with Crippen molar-refractivity contribution in [3.05, 3.63) is 35.4 Å². The molecular weight excluding hydrogens is 317 g/mol. The monoisotopic (exact) mass is 326 g/mol. The van der Waals surface area contributed by atoms with Gasteiger partial charge in [-0.3, -0.25) is 4.74 Å². The smallest absolute Gasteiger partial charge is 0.465 e. The molecule has 0 aromatic heterocycles. The van der Waals surface area contributed by atoms with Gasteiger partial charge in [-0.2, -0.15) is 0 Å². The van der Waals surface area contributed by atoms with Gasteiger partial charge in [0.1, 0.15) is 6.10 Å². The molecule has 18 heavy (non-hydrogen) atoms. The first kappa shape index (κ1) is 15.0. The van der Waals surface area contributed by atoms with Crippen molar-refractivity contribution in [1.29, 1.82) is 0 Å². The highest BCUT2D eigenvalue weighted by Crippen LogP contribution is 2.29. The summed E-state index contributed by atoms with van der Waals surface area (Å²) in [6.45, 7) is 0. The van der Waals surface area contributed by atoms with E-state index in [0.717, 1.165) is 0 Å². The Morgan fingerprint density at radius 3 is 2.28 bits per heavy atom. The Kier molecular flexibility index (Phi) is 5.15. The fourth-order valence-corrected chi connectivity index (χ4v) is 1.81. The van der Waals surface area contributed by atoms with Gasteiger partial charge >= 0.3 is 12.3 Å². The van der Waals surface area contributed by atoms with Crippen molar-refractivity contribution in [2.24, 2.45) is 0 Å². The van der Waals surface area contributed by atoms with Crippen molar-refractivity contribution in [2.75, 3.05) is 12.4 Å². The number of rotatable bonds is 4. The number of esters is 1. The van der Waals surface area contributed by atoms with Crippen molar-refractivity contribution in [1.82, 2.24) is 0 Å². The van der Waals surface area contributed by atoms with Gasteiger partial charge in [0.25, 0.3) is 0 Å². The third kappa shape index (κ3) is 4.30. The second kappa shape index (κ2) is 6.19. The Balaban J connectivity index is 2.85. The maximum absolute atomic E-state index is 12.1. The zero-order valence-corrected chi connectivity index (χ0v) is 10.9. The summed E-state index contributed by atoms with van der Waals surface area (Å²) < 4.78 is 44.8. The predicted molar refractivity (Wildman–Crippen MR) is 61.5 cm³/mol. The van der Waals surface area contributed by atoms with Gasteiger partial charge in [0.05, 0.1) is 12.7 Å². The van der Waals surface area contributed by atoms with Crippen molar-refractivity contribution < 1.29 is 27.4 Å². The zero-order chi connectivity index (χ0) is 13.8. The van der Waals surface area contributed by atoms with E-state index in [1.54, 1.807) is 0 Å². The number of alkyl halides is 4. The summed E-state index contributed by atoms with van der Waals surface area (Å²) >= 11 is 2.95. The lowest BCUT2D eigenvalue weighted by atomic mass is 10.1. The van der Waals surface area contributed by atoms with Gasteiger partial charge in [-0.25, -0.2) is 4.79 Å². The van der Waals surface area contributed by atoms with Gasteiger partial charge in [-0.15, -0.1) is 13.2 Å². The van der Waals surface area contributed by atoms with Crippen LogP contribution in [0, 0.1) is 0 Å². The number of carbonyl (C=O) groups is 1. The molecule has 1 rings (SSSR count). The number of hydrogen-bond donors (Lipinski definition) is 0. The van der Waals surface area contributed by atoms with Crippen LogP contribution in [0.3, 0.4) is 0 Å². The molecule has 100 valence electrons. The van der Waals surface area contributed by atoms with Crippen molar-refractivity contribution in [2.45, 2.75) is 12.5 Å². The molecule has 3 nitrogen and oxygen atoms in total. The first-order valence-electron chi connectivity index (χ1n) is 4.86. The van der Waals surface area contributed by atoms with Crippen LogP contribution in [0.15, 0.2) is 24.3 Å². The van der Waals surface area contributed by atoms with Crippen LogP contribution in [-0.2, 0) is 9.47 Å². The number of methoxy groups -OCH3 is 1. The Hall–Kier alpha value is -1.08. The lowest BCUT2D eigenvalue weighted by Gasteiger charge is -2.17. The van der Waals surface area contributed by atoms with Gasteiger partial charge < -0.3 is 4.74 Å². The number of halogens is 4. The summed E-state index contributed by atoms with van der Waals surface area (Å²) in [6, 6.07) is 5.56. The molecule has 0 aliphatic rings. The average molecular weight is 327 g/mol. The fourth-order valence-electron chi connectivity index (χ4n) is 1.30. The van der Waals surface area contributed by atoms with Crippen LogP contribution in [0.4, 0.5) is 13.2 Å². The van der Waals surface area contributed by atoms with E-state index < -0.39 is 18.4 Å². The first-order chi connectivity index (χ1) is 8.37. The molecule has 0 N–H and O–H groups in total. The molecule has 0 aliphatic heterocycles. The Morgan fingerprint density at radius 1 is 1.33 bits per heavy atom. The van der Waals surface area contributed by atoms with E-state index in [2.05, 4.69) is 25.4 Å². The molecule has 0 spiro atoms. The van der Waals surface area contributed by atoms with Gasteiger partial charge in [0.2, 0.25) is 0 Å². The summed E-state index contributed by atoms with van der Waals surface area (Å²) in [5, 5.41) is -0.00984. The largest absolute Gasteiger partial charge is 0.523 e. The van der Waals surface area contributed by atoms with E-state index in [-0.39, 0.29) is 10.9 Å². The van der Waals surface area contributed by atoms with Crippen molar-refractivity contribution in [3.63, 3.8) is 0 Å². The Labute approximate surface area is 110 Å². The van der Waals surface area contributed by atoms with Crippen LogP contribution in [-0.4, -0.2) is 24.8 Å². The topological polar surface area (TPSA) is 35.5 Å². The molecule has 1 aromatic carbocycles. The van der Waals surface area contributed by atoms with Crippen molar-refractivity contribution in [3.8, 4) is 0 Å². The summed E-state index contributed by atoms with van der Waals surface area (Å²) in [7, 11) is 1.23. The number of benzene rings is 1. The molecule has 0 fully saturated rings. The minimum absolute atomic E-state index is 0.00984. The van der Waals surface area contributed by atoms with E-state index in [1.807, 2.05) is 0 Å². The molecule has 1 unspecified atom stereocenters. The van der Waals surface area contributed by atoms with Gasteiger partial charge in [0.15, 0.2) is 0 Å². The molecule has 0 amide bonds. The second-order valence-electron chi connectivity index (χ2n) is 3.32. The first-order valence-corrected chi connectivity index (χ1v) is 5.98. The molecule has 0 aliphatic carbocycles. The maximum Gasteiger partial charge on any atom is 0.523 e. The molecular formula is C11H10BrF3O3. The maximum atomic E-state index is 12.1. The summed E-state index contributed by atoms with van der Waals surface area (Å²) in [4.78, 5) is 11.2. The Morgan fingerprint density at radius 2 is 1.89 bits per heavy atom. The predicted octanol–water partition coefficient (Wildman–Crippen LogP) is 3.45. The van der Waals surface area contributed by atoms with Crippen LogP contribution in [0.25, 0.3) is 0 Å². The van der Waals surface area contributed by atoms with E-state index in [9.17, 15) is 18.0 Å². The number of ether oxygens (including phenoxy) is 2. The summed E-state index contributed by atoms with van der Waals surface area (Å²) in [5.41, 5.74) is 0.582. The summed E-state index contributed by atoms with van der Waals surface area (Å²) in [6.07, 6.45) is -5.86. The molecule has 0 bridgehead atoms. The van der Waals surface area contributed by atoms with Gasteiger partial charge in [-0.05, 0) is 17.7 Å². The Bertz CT molecular complexity index is 403. The summed E-state index contributed by atoms with van der Waals surface area (Å²) in [5.74, 6) is -0.548. The molecule has 0 saturated carbocycles.